The van der Waals surface area contributed by atoms with Crippen molar-refractivity contribution in [1.82, 2.24) is 0 Å². The van der Waals surface area contributed by atoms with Gasteiger partial charge < -0.3 is 10.4 Å². The Morgan fingerprint density at radius 1 is 1.38 bits per heavy atom. The molecule has 0 spiro atoms. The Kier molecular flexibility index (Phi) is 2.31. The highest BCUT2D eigenvalue weighted by molar-refractivity contribution is 6.00. The highest BCUT2D eigenvalue weighted by atomic mass is 16.3. The summed E-state index contributed by atoms with van der Waals surface area (Å²) in [4.78, 5) is 11.4. The summed E-state index contributed by atoms with van der Waals surface area (Å²) in [6.45, 7) is 7.49. The molecule has 0 radical (unpaired) electrons. The molecule has 0 aromatic heterocycles. The first kappa shape index (κ1) is 11.1. The van der Waals surface area contributed by atoms with E-state index in [1.54, 1.807) is 13.8 Å². The number of carbonyl (C=O) groups excluding carboxylic acids is 1. The topological polar surface area (TPSA) is 49.3 Å². The van der Waals surface area contributed by atoms with Gasteiger partial charge in [0.05, 0.1) is 17.7 Å². The molecule has 0 saturated carbocycles. The standard InChI is InChI=1S/C13H17NO2/c1-7-5-9-6-10(15)14-12(9)11(8(7)2)13(3,4)16/h5,16H,6H2,1-4H3,(H,14,15). The Bertz CT molecular complexity index is 470. The predicted octanol–water partition coefficient (Wildman–Crippen LogP) is 2.03. The fourth-order valence-electron chi connectivity index (χ4n) is 2.39. The van der Waals surface area contributed by atoms with E-state index in [2.05, 4.69) is 5.32 Å². The van der Waals surface area contributed by atoms with Crippen LogP contribution >= 0.6 is 0 Å². The molecule has 0 aliphatic carbocycles. The molecule has 2 rings (SSSR count). The van der Waals surface area contributed by atoms with Crippen LogP contribution in [0.25, 0.3) is 0 Å². The molecule has 1 aliphatic heterocycles. The van der Waals surface area contributed by atoms with E-state index in [9.17, 15) is 9.90 Å². The predicted molar refractivity (Wildman–Crippen MR) is 63.5 cm³/mol. The summed E-state index contributed by atoms with van der Waals surface area (Å²) in [7, 11) is 0. The van der Waals surface area contributed by atoms with Crippen molar-refractivity contribution in [3.63, 3.8) is 0 Å². The van der Waals surface area contributed by atoms with E-state index in [1.807, 2.05) is 19.9 Å². The molecule has 1 amide bonds. The molecule has 3 nitrogen and oxygen atoms in total. The first-order chi connectivity index (χ1) is 7.30. The molecule has 1 heterocycles. The van der Waals surface area contributed by atoms with Gasteiger partial charge in [-0.3, -0.25) is 4.79 Å². The zero-order valence-electron chi connectivity index (χ0n) is 10.1. The van der Waals surface area contributed by atoms with Crippen LogP contribution in [0.1, 0.15) is 36.1 Å². The van der Waals surface area contributed by atoms with Gasteiger partial charge in [-0.1, -0.05) is 6.07 Å². The molecule has 1 aromatic rings. The second-order valence-electron chi connectivity index (χ2n) is 5.01. The van der Waals surface area contributed by atoms with Crippen molar-refractivity contribution in [1.29, 1.82) is 0 Å². The Hall–Kier alpha value is -1.35. The van der Waals surface area contributed by atoms with Crippen molar-refractivity contribution in [3.05, 3.63) is 28.3 Å². The maximum absolute atomic E-state index is 11.4. The summed E-state index contributed by atoms with van der Waals surface area (Å²) in [5.41, 5.74) is 3.87. The average molecular weight is 219 g/mol. The van der Waals surface area contributed by atoms with Crippen LogP contribution in [0.3, 0.4) is 0 Å². The Labute approximate surface area is 95.5 Å². The third-order valence-corrected chi connectivity index (χ3v) is 3.16. The van der Waals surface area contributed by atoms with Crippen molar-refractivity contribution in [2.75, 3.05) is 5.32 Å². The molecule has 86 valence electrons. The Balaban J connectivity index is 2.73. The lowest BCUT2D eigenvalue weighted by atomic mass is 9.87. The minimum atomic E-state index is -0.933. The molecule has 0 fully saturated rings. The number of anilines is 1. The fraction of sp³-hybridized carbons (Fsp3) is 0.462. The number of amides is 1. The van der Waals surface area contributed by atoms with Crippen LogP contribution in [-0.4, -0.2) is 11.0 Å². The van der Waals surface area contributed by atoms with Gasteiger partial charge >= 0.3 is 0 Å². The SMILES string of the molecule is Cc1cc2c(c(C(C)(C)O)c1C)NC(=O)C2. The van der Waals surface area contributed by atoms with Crippen LogP contribution in [0, 0.1) is 13.8 Å². The normalized spacial score (nSPS) is 14.9. The number of fused-ring (bicyclic) bond motifs is 1. The molecule has 1 aliphatic rings. The third-order valence-electron chi connectivity index (χ3n) is 3.16. The zero-order valence-corrected chi connectivity index (χ0v) is 10.1. The number of rotatable bonds is 1. The van der Waals surface area contributed by atoms with Crippen LogP contribution < -0.4 is 5.32 Å². The number of hydrogen-bond acceptors (Lipinski definition) is 2. The second kappa shape index (κ2) is 3.32. The number of nitrogens with one attached hydrogen (secondary N) is 1. The van der Waals surface area contributed by atoms with Gasteiger partial charge in [-0.05, 0) is 44.4 Å². The average Bonchev–Trinajstić information content (AvgIpc) is 2.43. The second-order valence-corrected chi connectivity index (χ2v) is 5.01. The monoisotopic (exact) mass is 219 g/mol. The molecular formula is C13H17NO2. The molecule has 0 unspecified atom stereocenters. The summed E-state index contributed by atoms with van der Waals surface area (Å²) in [5.74, 6) is 0.00509. The summed E-state index contributed by atoms with van der Waals surface area (Å²) in [6, 6.07) is 2.03. The van der Waals surface area contributed by atoms with Crippen molar-refractivity contribution < 1.29 is 9.90 Å². The summed E-state index contributed by atoms with van der Waals surface area (Å²) < 4.78 is 0. The lowest BCUT2D eigenvalue weighted by Gasteiger charge is -2.25. The number of hydrogen-bond donors (Lipinski definition) is 2. The highest BCUT2D eigenvalue weighted by Crippen LogP contribution is 2.38. The van der Waals surface area contributed by atoms with Crippen LogP contribution in [0.5, 0.6) is 0 Å². The molecule has 3 heteroatoms. The van der Waals surface area contributed by atoms with Crippen LogP contribution in [0.2, 0.25) is 0 Å². The van der Waals surface area contributed by atoms with E-state index in [0.29, 0.717) is 6.42 Å². The van der Waals surface area contributed by atoms with Gasteiger partial charge in [0.15, 0.2) is 0 Å². The summed E-state index contributed by atoms with van der Waals surface area (Å²) >= 11 is 0. The zero-order chi connectivity index (χ0) is 12.1. The quantitative estimate of drug-likeness (QED) is 0.759. The number of benzene rings is 1. The van der Waals surface area contributed by atoms with E-state index < -0.39 is 5.60 Å². The third kappa shape index (κ3) is 1.61. The number of aliphatic hydroxyl groups is 1. The first-order valence-corrected chi connectivity index (χ1v) is 5.46. The van der Waals surface area contributed by atoms with Gasteiger partial charge in [0.1, 0.15) is 0 Å². The van der Waals surface area contributed by atoms with E-state index >= 15 is 0 Å². The molecule has 0 bridgehead atoms. The van der Waals surface area contributed by atoms with Crippen molar-refractivity contribution in [2.24, 2.45) is 0 Å². The van der Waals surface area contributed by atoms with Crippen molar-refractivity contribution in [2.45, 2.75) is 39.7 Å². The maximum atomic E-state index is 11.4. The fourth-order valence-corrected chi connectivity index (χ4v) is 2.39. The molecule has 1 aromatic carbocycles. The van der Waals surface area contributed by atoms with Crippen LogP contribution in [0.4, 0.5) is 5.69 Å². The summed E-state index contributed by atoms with van der Waals surface area (Å²) in [6.07, 6.45) is 0.416. The van der Waals surface area contributed by atoms with E-state index in [0.717, 1.165) is 27.9 Å². The lowest BCUT2D eigenvalue weighted by molar-refractivity contribution is -0.115. The van der Waals surface area contributed by atoms with Gasteiger partial charge in [-0.25, -0.2) is 0 Å². The van der Waals surface area contributed by atoms with Gasteiger partial charge in [0.2, 0.25) is 5.91 Å². The van der Waals surface area contributed by atoms with Gasteiger partial charge in [0.25, 0.3) is 0 Å². The molecule has 0 atom stereocenters. The summed E-state index contributed by atoms with van der Waals surface area (Å²) in [5, 5.41) is 13.0. The van der Waals surface area contributed by atoms with Gasteiger partial charge in [0, 0.05) is 5.56 Å². The largest absolute Gasteiger partial charge is 0.386 e. The molecule has 2 N–H and O–H groups in total. The van der Waals surface area contributed by atoms with Crippen molar-refractivity contribution >= 4 is 11.6 Å². The van der Waals surface area contributed by atoms with E-state index in [4.69, 9.17) is 0 Å². The molecule has 16 heavy (non-hydrogen) atoms. The molecular weight excluding hydrogens is 202 g/mol. The Morgan fingerprint density at radius 2 is 2.00 bits per heavy atom. The van der Waals surface area contributed by atoms with Gasteiger partial charge in [-0.15, -0.1) is 0 Å². The van der Waals surface area contributed by atoms with Crippen LogP contribution in [-0.2, 0) is 16.8 Å². The first-order valence-electron chi connectivity index (χ1n) is 5.46. The van der Waals surface area contributed by atoms with Crippen LogP contribution in [0.15, 0.2) is 6.07 Å². The van der Waals surface area contributed by atoms with Crippen molar-refractivity contribution in [3.8, 4) is 0 Å². The number of carbonyl (C=O) groups is 1. The van der Waals surface area contributed by atoms with E-state index in [1.165, 1.54) is 0 Å². The highest BCUT2D eigenvalue weighted by Gasteiger charge is 2.30. The lowest BCUT2D eigenvalue weighted by Crippen LogP contribution is -2.20. The number of aryl methyl sites for hydroxylation is 1. The van der Waals surface area contributed by atoms with E-state index in [-0.39, 0.29) is 5.91 Å². The smallest absolute Gasteiger partial charge is 0.228 e. The minimum Gasteiger partial charge on any atom is -0.386 e. The minimum absolute atomic E-state index is 0.00509. The van der Waals surface area contributed by atoms with Gasteiger partial charge in [-0.2, -0.15) is 0 Å². The molecule has 0 saturated heterocycles. The Morgan fingerprint density at radius 3 is 2.56 bits per heavy atom. The maximum Gasteiger partial charge on any atom is 0.228 e.